The van der Waals surface area contributed by atoms with E-state index in [4.69, 9.17) is 0 Å². The standard InChI is InChI=1S/C11H26N2O/c1-6-12-11(4,9-14)8-10(3)13(5)7-2/h10,12,14H,6-9H2,1-5H3. The largest absolute Gasteiger partial charge is 0.394 e. The molecule has 86 valence electrons. The topological polar surface area (TPSA) is 35.5 Å². The number of aliphatic hydroxyl groups is 1. The molecule has 3 heteroatoms. The Hall–Kier alpha value is -0.120. The zero-order chi connectivity index (χ0) is 11.2. The van der Waals surface area contributed by atoms with E-state index < -0.39 is 0 Å². The van der Waals surface area contributed by atoms with Crippen LogP contribution in [0.2, 0.25) is 0 Å². The van der Waals surface area contributed by atoms with Crippen molar-refractivity contribution in [1.82, 2.24) is 10.2 Å². The van der Waals surface area contributed by atoms with Crippen molar-refractivity contribution < 1.29 is 5.11 Å². The summed E-state index contributed by atoms with van der Waals surface area (Å²) >= 11 is 0. The van der Waals surface area contributed by atoms with Crippen molar-refractivity contribution in [2.75, 3.05) is 26.7 Å². The van der Waals surface area contributed by atoms with Gasteiger partial charge in [0.2, 0.25) is 0 Å². The molecule has 0 aromatic rings. The highest BCUT2D eigenvalue weighted by Gasteiger charge is 2.25. The first-order valence-electron chi connectivity index (χ1n) is 5.55. The smallest absolute Gasteiger partial charge is 0.0611 e. The van der Waals surface area contributed by atoms with Gasteiger partial charge in [-0.1, -0.05) is 13.8 Å². The fourth-order valence-corrected chi connectivity index (χ4v) is 1.74. The van der Waals surface area contributed by atoms with E-state index in [0.29, 0.717) is 6.04 Å². The van der Waals surface area contributed by atoms with Gasteiger partial charge in [-0.25, -0.2) is 0 Å². The molecule has 14 heavy (non-hydrogen) atoms. The minimum absolute atomic E-state index is 0.141. The molecular formula is C11H26N2O. The normalized spacial score (nSPS) is 18.2. The lowest BCUT2D eigenvalue weighted by atomic mass is 9.94. The van der Waals surface area contributed by atoms with Crippen LogP contribution >= 0.6 is 0 Å². The third-order valence-corrected chi connectivity index (χ3v) is 2.95. The first-order chi connectivity index (χ1) is 6.49. The van der Waals surface area contributed by atoms with Crippen molar-refractivity contribution in [2.45, 2.75) is 45.7 Å². The lowest BCUT2D eigenvalue weighted by molar-refractivity contribution is 0.130. The van der Waals surface area contributed by atoms with Gasteiger partial charge in [0.25, 0.3) is 0 Å². The average molecular weight is 202 g/mol. The molecule has 0 aliphatic carbocycles. The minimum atomic E-state index is -0.141. The van der Waals surface area contributed by atoms with E-state index in [-0.39, 0.29) is 12.1 Å². The Kier molecular flexibility index (Phi) is 6.33. The van der Waals surface area contributed by atoms with Crippen molar-refractivity contribution in [3.63, 3.8) is 0 Å². The second-order valence-electron chi connectivity index (χ2n) is 4.38. The molecule has 3 nitrogen and oxygen atoms in total. The van der Waals surface area contributed by atoms with Crippen LogP contribution in [0.4, 0.5) is 0 Å². The number of likely N-dealkylation sites (N-methyl/N-ethyl adjacent to an activating group) is 1. The zero-order valence-electron chi connectivity index (χ0n) is 10.3. The molecule has 0 fully saturated rings. The van der Waals surface area contributed by atoms with Crippen LogP contribution in [0.15, 0.2) is 0 Å². The molecule has 0 bridgehead atoms. The molecule has 0 aromatic heterocycles. The van der Waals surface area contributed by atoms with Gasteiger partial charge < -0.3 is 15.3 Å². The van der Waals surface area contributed by atoms with Crippen molar-refractivity contribution in [3.8, 4) is 0 Å². The van der Waals surface area contributed by atoms with Crippen LogP contribution in [-0.2, 0) is 0 Å². The Morgan fingerprint density at radius 3 is 2.36 bits per heavy atom. The summed E-state index contributed by atoms with van der Waals surface area (Å²) in [7, 11) is 2.12. The van der Waals surface area contributed by atoms with Gasteiger partial charge >= 0.3 is 0 Å². The van der Waals surface area contributed by atoms with Crippen molar-refractivity contribution in [3.05, 3.63) is 0 Å². The van der Waals surface area contributed by atoms with Gasteiger partial charge in [-0.2, -0.15) is 0 Å². The molecule has 0 aliphatic rings. The van der Waals surface area contributed by atoms with Gasteiger partial charge in [-0.15, -0.1) is 0 Å². The van der Waals surface area contributed by atoms with Crippen molar-refractivity contribution in [1.29, 1.82) is 0 Å². The molecule has 2 unspecified atom stereocenters. The lowest BCUT2D eigenvalue weighted by Crippen LogP contribution is -2.50. The fourth-order valence-electron chi connectivity index (χ4n) is 1.74. The zero-order valence-corrected chi connectivity index (χ0v) is 10.3. The summed E-state index contributed by atoms with van der Waals surface area (Å²) < 4.78 is 0. The molecule has 0 aromatic carbocycles. The second-order valence-corrected chi connectivity index (χ2v) is 4.38. The van der Waals surface area contributed by atoms with E-state index >= 15 is 0 Å². The lowest BCUT2D eigenvalue weighted by Gasteiger charge is -2.34. The number of nitrogens with one attached hydrogen (secondary N) is 1. The van der Waals surface area contributed by atoms with Crippen LogP contribution in [0.25, 0.3) is 0 Å². The van der Waals surface area contributed by atoms with Crippen molar-refractivity contribution >= 4 is 0 Å². The molecular weight excluding hydrogens is 176 g/mol. The Bertz CT molecular complexity index is 152. The summed E-state index contributed by atoms with van der Waals surface area (Å²) in [5.41, 5.74) is -0.141. The molecule has 0 saturated heterocycles. The highest BCUT2D eigenvalue weighted by atomic mass is 16.3. The number of nitrogens with zero attached hydrogens (tertiary/aromatic N) is 1. The van der Waals surface area contributed by atoms with Gasteiger partial charge in [0.15, 0.2) is 0 Å². The maximum absolute atomic E-state index is 9.34. The van der Waals surface area contributed by atoms with E-state index in [0.717, 1.165) is 19.5 Å². The van der Waals surface area contributed by atoms with E-state index in [1.807, 2.05) is 0 Å². The highest BCUT2D eigenvalue weighted by molar-refractivity contribution is 4.86. The molecule has 2 atom stereocenters. The highest BCUT2D eigenvalue weighted by Crippen LogP contribution is 2.14. The van der Waals surface area contributed by atoms with Gasteiger partial charge in [-0.3, -0.25) is 0 Å². The summed E-state index contributed by atoms with van der Waals surface area (Å²) in [4.78, 5) is 2.30. The second kappa shape index (κ2) is 6.38. The molecule has 0 amide bonds. The van der Waals surface area contributed by atoms with Gasteiger partial charge in [-0.05, 0) is 40.4 Å². The summed E-state index contributed by atoms with van der Waals surface area (Å²) in [5.74, 6) is 0. The molecule has 0 rings (SSSR count). The predicted molar refractivity (Wildman–Crippen MR) is 61.6 cm³/mol. The maximum atomic E-state index is 9.34. The molecule has 0 aliphatic heterocycles. The van der Waals surface area contributed by atoms with E-state index in [9.17, 15) is 5.11 Å². The summed E-state index contributed by atoms with van der Waals surface area (Å²) in [5, 5.41) is 12.7. The first kappa shape index (κ1) is 13.9. The Morgan fingerprint density at radius 1 is 1.43 bits per heavy atom. The fraction of sp³-hybridized carbons (Fsp3) is 1.00. The van der Waals surface area contributed by atoms with Crippen LogP contribution in [-0.4, -0.2) is 48.3 Å². The monoisotopic (exact) mass is 202 g/mol. The van der Waals surface area contributed by atoms with E-state index in [1.165, 1.54) is 0 Å². The van der Waals surface area contributed by atoms with Crippen LogP contribution in [0.3, 0.4) is 0 Å². The molecule has 0 saturated carbocycles. The number of hydrogen-bond acceptors (Lipinski definition) is 3. The van der Waals surface area contributed by atoms with Crippen LogP contribution in [0, 0.1) is 0 Å². The van der Waals surface area contributed by atoms with E-state index in [2.05, 4.69) is 45.0 Å². The van der Waals surface area contributed by atoms with Crippen molar-refractivity contribution in [2.24, 2.45) is 0 Å². The average Bonchev–Trinajstić information content (AvgIpc) is 2.16. The third-order valence-electron chi connectivity index (χ3n) is 2.95. The van der Waals surface area contributed by atoms with Crippen LogP contribution in [0.1, 0.15) is 34.1 Å². The van der Waals surface area contributed by atoms with Gasteiger partial charge in [0.05, 0.1) is 6.61 Å². The summed E-state index contributed by atoms with van der Waals surface area (Å²) in [6.45, 7) is 10.7. The van der Waals surface area contributed by atoms with Gasteiger partial charge in [0.1, 0.15) is 0 Å². The summed E-state index contributed by atoms with van der Waals surface area (Å²) in [6.07, 6.45) is 0.974. The third kappa shape index (κ3) is 4.40. The quantitative estimate of drug-likeness (QED) is 0.648. The molecule has 0 spiro atoms. The predicted octanol–water partition coefficient (Wildman–Crippen LogP) is 1.08. The number of aliphatic hydroxyl groups excluding tert-OH is 1. The number of rotatable bonds is 7. The molecule has 2 N–H and O–H groups in total. The van der Waals surface area contributed by atoms with Crippen LogP contribution < -0.4 is 5.32 Å². The Morgan fingerprint density at radius 2 is 2.00 bits per heavy atom. The number of hydrogen-bond donors (Lipinski definition) is 2. The molecule has 0 heterocycles. The Balaban J connectivity index is 4.15. The van der Waals surface area contributed by atoms with E-state index in [1.54, 1.807) is 0 Å². The van der Waals surface area contributed by atoms with Crippen LogP contribution in [0.5, 0.6) is 0 Å². The first-order valence-corrected chi connectivity index (χ1v) is 5.55. The SMILES string of the molecule is CCNC(C)(CO)CC(C)N(C)CC. The minimum Gasteiger partial charge on any atom is -0.394 e. The Labute approximate surface area is 88.5 Å². The maximum Gasteiger partial charge on any atom is 0.0611 e. The van der Waals surface area contributed by atoms with Gasteiger partial charge in [0, 0.05) is 11.6 Å². The summed E-state index contributed by atoms with van der Waals surface area (Å²) in [6, 6.07) is 0.496. The molecule has 0 radical (unpaired) electrons.